The number of rotatable bonds is 12. The number of nitrogens with two attached hydrogens (primary N) is 1. The molecule has 5 rings (SSSR count). The Labute approximate surface area is 351 Å². The number of phenolic OH excluding ortho intramolecular Hbond substituents is 1. The van der Waals surface area contributed by atoms with Crippen LogP contribution in [0.1, 0.15) is 53.5 Å². The van der Waals surface area contributed by atoms with Gasteiger partial charge in [0.25, 0.3) is 5.91 Å². The topological polar surface area (TPSA) is 277 Å². The van der Waals surface area contributed by atoms with Gasteiger partial charge in [-0.3, -0.25) is 29.0 Å². The van der Waals surface area contributed by atoms with Crippen LogP contribution in [0.25, 0.3) is 0 Å². The number of aliphatic hydroxyl groups is 3. The van der Waals surface area contributed by atoms with Gasteiger partial charge in [0, 0.05) is 36.8 Å². The van der Waals surface area contributed by atoms with E-state index in [9.17, 15) is 49.2 Å². The van der Waals surface area contributed by atoms with Crippen molar-refractivity contribution in [2.24, 2.45) is 17.6 Å². The first kappa shape index (κ1) is 45.5. The number of methoxy groups -OCH3 is 3. The Kier molecular flexibility index (Phi) is 12.6. The highest BCUT2D eigenvalue weighted by Crippen LogP contribution is 2.54. The number of phenols is 1. The number of fused-ring (bicyclic) bond motifs is 3. The smallest absolute Gasteiger partial charge is 0.413 e. The number of Topliss-reactive ketones (excluding diaryl/α,β-unsaturated/α-hetero) is 2. The molecular weight excluding hydrogens is 802 g/mol. The third-order valence-corrected chi connectivity index (χ3v) is 11.1. The number of ketones is 2. The molecule has 20 heteroatoms. The fraction of sp³-hybridized carbons (Fsp3) is 0.463. The number of ether oxygens (including phenoxy) is 5. The summed E-state index contributed by atoms with van der Waals surface area (Å²) in [5.74, 6) is -9.26. The molecule has 0 unspecified atom stereocenters. The van der Waals surface area contributed by atoms with Crippen molar-refractivity contribution >= 4 is 46.8 Å². The zero-order valence-electron chi connectivity index (χ0n) is 35.5. The number of aliphatic hydroxyl groups excluding tert-OH is 2. The van der Waals surface area contributed by atoms with Gasteiger partial charge in [0.2, 0.25) is 24.2 Å². The highest BCUT2D eigenvalue weighted by atomic mass is 16.7. The van der Waals surface area contributed by atoms with E-state index in [0.29, 0.717) is 11.3 Å². The fourth-order valence-electron chi connectivity index (χ4n) is 8.20. The molecule has 0 heterocycles. The van der Waals surface area contributed by atoms with Crippen LogP contribution in [-0.2, 0) is 30.3 Å². The lowest BCUT2D eigenvalue weighted by Gasteiger charge is -2.50. The quantitative estimate of drug-likeness (QED) is 0.0773. The number of primary amides is 1. The summed E-state index contributed by atoms with van der Waals surface area (Å²) >= 11 is 0. The number of hydrogen-bond acceptors (Lipinski definition) is 17. The van der Waals surface area contributed by atoms with Crippen LogP contribution < -0.4 is 30.2 Å². The van der Waals surface area contributed by atoms with Crippen LogP contribution in [-0.4, -0.2) is 146 Å². The Hall–Kier alpha value is -6.54. The van der Waals surface area contributed by atoms with Gasteiger partial charge in [0.05, 0.1) is 44.2 Å². The number of nitrogens with zero attached hydrogens (tertiary/aromatic N) is 3. The second-order valence-corrected chi connectivity index (χ2v) is 16.2. The van der Waals surface area contributed by atoms with E-state index in [1.54, 1.807) is 39.8 Å². The van der Waals surface area contributed by atoms with Gasteiger partial charge in [0.1, 0.15) is 23.6 Å². The standard InChI is InChI=1S/C41H51N5O15/c1-40(2,3)46(39(55)61-17-60-38(54)19-13-24(57-8)34(59-10)25(14-19)58-9)16-26(47)43-22-15-23(44(4)5)20-11-18-12-21-30(45(6)7)33(50)29(37(42)53)36(52)41(21,56)35(51)27(18)32(49)28(20)31(22)48/h13-15,18,21,30,48,50-51,56H,11-12,16-17H2,1-10H3,(H2,42,53)(H,43,47)/t18-,21-,30-,41-/m0/s1. The second kappa shape index (κ2) is 16.8. The van der Waals surface area contributed by atoms with E-state index < -0.39 is 106 Å². The molecule has 0 fully saturated rings. The van der Waals surface area contributed by atoms with E-state index in [4.69, 9.17) is 29.4 Å². The van der Waals surface area contributed by atoms with Crippen LogP contribution in [0.2, 0.25) is 0 Å². The van der Waals surface area contributed by atoms with Gasteiger partial charge in [-0.1, -0.05) is 0 Å². The maximum Gasteiger partial charge on any atom is 0.413 e. The van der Waals surface area contributed by atoms with Crippen molar-refractivity contribution in [2.45, 2.75) is 50.8 Å². The number of anilines is 2. The van der Waals surface area contributed by atoms with E-state index >= 15 is 0 Å². The van der Waals surface area contributed by atoms with Crippen molar-refractivity contribution < 1.29 is 72.9 Å². The number of benzene rings is 2. The molecule has 2 aromatic carbocycles. The summed E-state index contributed by atoms with van der Waals surface area (Å²) in [4.78, 5) is 84.4. The van der Waals surface area contributed by atoms with E-state index in [0.717, 1.165) is 4.90 Å². The Morgan fingerprint density at radius 2 is 1.54 bits per heavy atom. The molecule has 2 aromatic rings. The summed E-state index contributed by atoms with van der Waals surface area (Å²) < 4.78 is 26.1. The summed E-state index contributed by atoms with van der Waals surface area (Å²) in [6.45, 7) is 3.35. The second-order valence-electron chi connectivity index (χ2n) is 16.2. The van der Waals surface area contributed by atoms with E-state index in [1.807, 2.05) is 0 Å². The zero-order chi connectivity index (χ0) is 45.6. The molecule has 0 radical (unpaired) electrons. The van der Waals surface area contributed by atoms with Crippen LogP contribution in [0.15, 0.2) is 40.9 Å². The average molecular weight is 854 g/mol. The number of hydrogen-bond donors (Lipinski definition) is 6. The lowest BCUT2D eigenvalue weighted by atomic mass is 9.58. The van der Waals surface area contributed by atoms with Gasteiger partial charge in [-0.15, -0.1) is 0 Å². The zero-order valence-corrected chi connectivity index (χ0v) is 35.5. The van der Waals surface area contributed by atoms with Gasteiger partial charge in [-0.25, -0.2) is 9.59 Å². The summed E-state index contributed by atoms with van der Waals surface area (Å²) in [6.07, 6.45) is -1.14. The van der Waals surface area contributed by atoms with Crippen molar-refractivity contribution in [3.63, 3.8) is 0 Å². The van der Waals surface area contributed by atoms with Gasteiger partial charge in [0.15, 0.2) is 28.6 Å². The molecule has 0 bridgehead atoms. The third-order valence-electron chi connectivity index (χ3n) is 11.1. The van der Waals surface area contributed by atoms with E-state index in [-0.39, 0.29) is 46.9 Å². The monoisotopic (exact) mass is 853 g/mol. The lowest BCUT2D eigenvalue weighted by Crippen LogP contribution is -2.63. The molecular formula is C41H51N5O15. The van der Waals surface area contributed by atoms with Gasteiger partial charge < -0.3 is 60.1 Å². The number of allylic oxidation sites excluding steroid dienone is 1. The van der Waals surface area contributed by atoms with Crippen LogP contribution in [0, 0.1) is 11.8 Å². The molecule has 0 saturated heterocycles. The molecule has 3 aliphatic carbocycles. The van der Waals surface area contributed by atoms with Crippen molar-refractivity contribution in [3.8, 4) is 23.0 Å². The first-order valence-electron chi connectivity index (χ1n) is 18.9. The SMILES string of the molecule is COc1cc(C(=O)OCOC(=O)N(CC(=O)Nc2cc(N(C)C)c3c(c2O)C(=O)C2=C(O)[C@]4(O)C(=O)C(C(N)=O)=C(O)[C@@H](N(C)C)[C@@H]4C[C@@H]2C3)C(C)(C)C)cc(OC)c1OC. The average Bonchev–Trinajstić information content (AvgIpc) is 3.17. The summed E-state index contributed by atoms with van der Waals surface area (Å²) in [5.41, 5.74) is 0.377. The van der Waals surface area contributed by atoms with Gasteiger partial charge in [-0.05, 0) is 77.4 Å². The molecule has 4 atom stereocenters. The number of carbonyl (C=O) groups excluding carboxylic acids is 6. The van der Waals surface area contributed by atoms with Crippen LogP contribution in [0.3, 0.4) is 0 Å². The van der Waals surface area contributed by atoms with Crippen molar-refractivity contribution in [1.29, 1.82) is 0 Å². The molecule has 0 saturated carbocycles. The Morgan fingerprint density at radius 3 is 2.05 bits per heavy atom. The third kappa shape index (κ3) is 7.95. The van der Waals surface area contributed by atoms with Crippen LogP contribution in [0.4, 0.5) is 16.2 Å². The predicted molar refractivity (Wildman–Crippen MR) is 216 cm³/mol. The Morgan fingerprint density at radius 1 is 0.934 bits per heavy atom. The molecule has 20 nitrogen and oxygen atoms in total. The maximum atomic E-state index is 14.4. The van der Waals surface area contributed by atoms with Crippen molar-refractivity contribution in [3.05, 3.63) is 57.6 Å². The largest absolute Gasteiger partial charge is 0.510 e. The minimum Gasteiger partial charge on any atom is -0.510 e. The minimum atomic E-state index is -2.84. The predicted octanol–water partition coefficient (Wildman–Crippen LogP) is 2.20. The fourth-order valence-corrected chi connectivity index (χ4v) is 8.20. The lowest BCUT2D eigenvalue weighted by molar-refractivity contribution is -0.148. The van der Waals surface area contributed by atoms with E-state index in [2.05, 4.69) is 5.32 Å². The normalized spacial score (nSPS) is 20.9. The maximum absolute atomic E-state index is 14.4. The highest BCUT2D eigenvalue weighted by molar-refractivity contribution is 6.25. The Bertz CT molecular complexity index is 2230. The van der Waals surface area contributed by atoms with E-state index in [1.165, 1.54) is 58.5 Å². The van der Waals surface area contributed by atoms with Gasteiger partial charge in [-0.2, -0.15) is 0 Å². The molecule has 3 aliphatic rings. The first-order valence-corrected chi connectivity index (χ1v) is 18.9. The molecule has 0 aromatic heterocycles. The summed E-state index contributed by atoms with van der Waals surface area (Å²) in [6, 6.07) is 2.96. The summed E-state index contributed by atoms with van der Waals surface area (Å²) in [5, 5.41) is 48.8. The number of carbonyl (C=O) groups is 6. The summed E-state index contributed by atoms with van der Waals surface area (Å²) in [7, 11) is 10.5. The highest BCUT2D eigenvalue weighted by Gasteiger charge is 2.63. The van der Waals surface area contributed by atoms with Crippen LogP contribution in [0.5, 0.6) is 23.0 Å². The number of likely N-dealkylation sites (N-methyl/N-ethyl adjacent to an activating group) is 1. The Balaban J connectivity index is 1.41. The molecule has 3 amide bonds. The molecule has 7 N–H and O–H groups in total. The minimum absolute atomic E-state index is 0.00119. The molecule has 61 heavy (non-hydrogen) atoms. The molecule has 330 valence electrons. The number of esters is 1. The number of aromatic hydroxyl groups is 1. The number of nitrogens with one attached hydrogen (secondary N) is 1. The molecule has 0 aliphatic heterocycles. The number of amides is 3. The van der Waals surface area contributed by atoms with Crippen LogP contribution >= 0.6 is 0 Å². The molecule has 0 spiro atoms. The first-order chi connectivity index (χ1) is 28.4. The van der Waals surface area contributed by atoms with Gasteiger partial charge >= 0.3 is 12.1 Å². The van der Waals surface area contributed by atoms with Crippen molar-refractivity contribution in [2.75, 3.05) is 73.1 Å². The van der Waals surface area contributed by atoms with Crippen molar-refractivity contribution in [1.82, 2.24) is 9.80 Å².